The predicted molar refractivity (Wildman–Crippen MR) is 90.1 cm³/mol. The lowest BCUT2D eigenvalue weighted by Gasteiger charge is -2.02. The molecule has 0 atom stereocenters. The van der Waals surface area contributed by atoms with E-state index in [9.17, 15) is 10.1 Å². The van der Waals surface area contributed by atoms with Crippen LogP contribution in [0.2, 0.25) is 0 Å². The molecule has 5 nitrogen and oxygen atoms in total. The number of nitrogens with two attached hydrogens (primary N) is 2. The van der Waals surface area contributed by atoms with Gasteiger partial charge < -0.3 is 16.8 Å². The molecule has 114 valence electrons. The SMILES string of the molecule is N#Cc1c(NCCCCN)sc(C(=O)c2ccccc2)c1N. The van der Waals surface area contributed by atoms with Crippen LogP contribution in [-0.2, 0) is 0 Å². The van der Waals surface area contributed by atoms with Gasteiger partial charge in [0.15, 0.2) is 0 Å². The van der Waals surface area contributed by atoms with E-state index in [1.54, 1.807) is 24.3 Å². The molecule has 2 rings (SSSR count). The Labute approximate surface area is 133 Å². The molecule has 0 unspecified atom stereocenters. The zero-order valence-corrected chi connectivity index (χ0v) is 13.0. The minimum absolute atomic E-state index is 0.158. The highest BCUT2D eigenvalue weighted by Gasteiger charge is 2.21. The summed E-state index contributed by atoms with van der Waals surface area (Å²) in [4.78, 5) is 12.9. The Kier molecular flexibility index (Phi) is 5.53. The second kappa shape index (κ2) is 7.59. The van der Waals surface area contributed by atoms with Gasteiger partial charge in [-0.15, -0.1) is 11.3 Å². The number of carbonyl (C=O) groups is 1. The van der Waals surface area contributed by atoms with E-state index in [-0.39, 0.29) is 11.5 Å². The number of nitriles is 1. The Balaban J connectivity index is 2.24. The zero-order valence-electron chi connectivity index (χ0n) is 12.1. The van der Waals surface area contributed by atoms with Crippen molar-refractivity contribution in [2.45, 2.75) is 12.8 Å². The number of carbonyl (C=O) groups excluding carboxylic acids is 1. The first-order valence-electron chi connectivity index (χ1n) is 7.05. The van der Waals surface area contributed by atoms with Crippen molar-refractivity contribution < 1.29 is 4.79 Å². The van der Waals surface area contributed by atoms with E-state index < -0.39 is 0 Å². The molecule has 0 spiro atoms. The van der Waals surface area contributed by atoms with E-state index in [1.807, 2.05) is 6.07 Å². The van der Waals surface area contributed by atoms with Crippen molar-refractivity contribution in [2.24, 2.45) is 5.73 Å². The summed E-state index contributed by atoms with van der Waals surface area (Å²) in [6.07, 6.45) is 1.81. The number of hydrogen-bond donors (Lipinski definition) is 3. The molecule has 0 radical (unpaired) electrons. The minimum atomic E-state index is -0.158. The number of nitrogen functional groups attached to an aromatic ring is 1. The summed E-state index contributed by atoms with van der Waals surface area (Å²) in [5.74, 6) is -0.158. The molecule has 0 amide bonds. The number of ketones is 1. The Morgan fingerprint density at radius 2 is 2.00 bits per heavy atom. The normalized spacial score (nSPS) is 10.2. The molecule has 0 bridgehead atoms. The number of anilines is 2. The molecule has 1 heterocycles. The average Bonchev–Trinajstić information content (AvgIpc) is 2.87. The largest absolute Gasteiger partial charge is 0.396 e. The number of nitrogens with zero attached hydrogens (tertiary/aromatic N) is 1. The second-order valence-corrected chi connectivity index (χ2v) is 5.80. The van der Waals surface area contributed by atoms with Gasteiger partial charge in [-0.2, -0.15) is 5.26 Å². The van der Waals surface area contributed by atoms with Crippen LogP contribution in [0.4, 0.5) is 10.7 Å². The van der Waals surface area contributed by atoms with Gasteiger partial charge in [0.25, 0.3) is 0 Å². The number of benzene rings is 1. The summed E-state index contributed by atoms with van der Waals surface area (Å²) in [5.41, 5.74) is 12.6. The molecule has 0 saturated heterocycles. The van der Waals surface area contributed by atoms with Gasteiger partial charge >= 0.3 is 0 Å². The molecule has 0 aliphatic heterocycles. The average molecular weight is 314 g/mol. The van der Waals surface area contributed by atoms with Gasteiger partial charge in [0.2, 0.25) is 5.78 Å². The van der Waals surface area contributed by atoms with Gasteiger partial charge in [-0.05, 0) is 19.4 Å². The van der Waals surface area contributed by atoms with Crippen LogP contribution in [0.25, 0.3) is 0 Å². The van der Waals surface area contributed by atoms with Crippen LogP contribution >= 0.6 is 11.3 Å². The van der Waals surface area contributed by atoms with Crippen molar-refractivity contribution in [3.05, 3.63) is 46.3 Å². The molecular weight excluding hydrogens is 296 g/mol. The van der Waals surface area contributed by atoms with Crippen LogP contribution in [0.5, 0.6) is 0 Å². The third-order valence-electron chi connectivity index (χ3n) is 3.22. The fourth-order valence-electron chi connectivity index (χ4n) is 2.04. The fraction of sp³-hybridized carbons (Fsp3) is 0.250. The van der Waals surface area contributed by atoms with Crippen molar-refractivity contribution in [1.29, 1.82) is 5.26 Å². The summed E-state index contributed by atoms with van der Waals surface area (Å²) in [6, 6.07) is 11.0. The molecule has 0 saturated carbocycles. The molecule has 1 aromatic heterocycles. The summed E-state index contributed by atoms with van der Waals surface area (Å²) in [7, 11) is 0. The monoisotopic (exact) mass is 314 g/mol. The Bertz CT molecular complexity index is 688. The third kappa shape index (κ3) is 3.45. The maximum absolute atomic E-state index is 12.5. The minimum Gasteiger partial charge on any atom is -0.396 e. The van der Waals surface area contributed by atoms with Gasteiger partial charge in [-0.1, -0.05) is 30.3 Å². The first-order valence-corrected chi connectivity index (χ1v) is 7.86. The molecule has 0 aliphatic carbocycles. The smallest absolute Gasteiger partial charge is 0.205 e. The van der Waals surface area contributed by atoms with Crippen LogP contribution in [0.3, 0.4) is 0 Å². The number of unbranched alkanes of at least 4 members (excludes halogenated alkanes) is 1. The van der Waals surface area contributed by atoms with Crippen molar-refractivity contribution in [1.82, 2.24) is 0 Å². The fourth-order valence-corrected chi connectivity index (χ4v) is 3.10. The lowest BCUT2D eigenvalue weighted by Crippen LogP contribution is -2.05. The quantitative estimate of drug-likeness (QED) is 0.538. The van der Waals surface area contributed by atoms with Gasteiger partial charge in [0.1, 0.15) is 21.5 Å². The molecule has 0 aliphatic rings. The standard InChI is InChI=1S/C16H18N4OS/c17-8-4-5-9-20-16-12(10-18)13(19)15(22-16)14(21)11-6-2-1-3-7-11/h1-3,6-7,20H,4-5,8-9,17,19H2. The topological polar surface area (TPSA) is 105 Å². The van der Waals surface area contributed by atoms with Gasteiger partial charge in [0.05, 0.1) is 5.69 Å². The first kappa shape index (κ1) is 16.0. The van der Waals surface area contributed by atoms with Crippen LogP contribution in [-0.4, -0.2) is 18.9 Å². The Morgan fingerprint density at radius 3 is 2.64 bits per heavy atom. The van der Waals surface area contributed by atoms with E-state index in [0.29, 0.717) is 34.1 Å². The Morgan fingerprint density at radius 1 is 1.27 bits per heavy atom. The maximum atomic E-state index is 12.5. The molecular formula is C16H18N4OS. The number of nitrogens with one attached hydrogen (secondary N) is 1. The van der Waals surface area contributed by atoms with E-state index >= 15 is 0 Å². The number of thiophene rings is 1. The van der Waals surface area contributed by atoms with Crippen molar-refractivity contribution in [2.75, 3.05) is 24.1 Å². The molecule has 6 heteroatoms. The van der Waals surface area contributed by atoms with Gasteiger partial charge in [-0.3, -0.25) is 4.79 Å². The third-order valence-corrected chi connectivity index (χ3v) is 4.38. The van der Waals surface area contributed by atoms with Crippen LogP contribution < -0.4 is 16.8 Å². The number of hydrogen-bond acceptors (Lipinski definition) is 6. The van der Waals surface area contributed by atoms with Crippen molar-refractivity contribution >= 4 is 27.8 Å². The highest BCUT2D eigenvalue weighted by molar-refractivity contribution is 7.19. The van der Waals surface area contributed by atoms with E-state index in [4.69, 9.17) is 11.5 Å². The van der Waals surface area contributed by atoms with Crippen LogP contribution in [0, 0.1) is 11.3 Å². The second-order valence-electron chi connectivity index (χ2n) is 4.78. The molecule has 0 fully saturated rings. The summed E-state index contributed by atoms with van der Waals surface area (Å²) in [6.45, 7) is 1.34. The van der Waals surface area contributed by atoms with Gasteiger partial charge in [0, 0.05) is 12.1 Å². The van der Waals surface area contributed by atoms with Crippen molar-refractivity contribution in [3.63, 3.8) is 0 Å². The zero-order chi connectivity index (χ0) is 15.9. The highest BCUT2D eigenvalue weighted by Crippen LogP contribution is 2.36. The molecule has 22 heavy (non-hydrogen) atoms. The van der Waals surface area contributed by atoms with Crippen LogP contribution in [0.1, 0.15) is 33.6 Å². The lowest BCUT2D eigenvalue weighted by atomic mass is 10.1. The van der Waals surface area contributed by atoms with Crippen LogP contribution in [0.15, 0.2) is 30.3 Å². The predicted octanol–water partition coefficient (Wildman–Crippen LogP) is 2.58. The molecule has 5 N–H and O–H groups in total. The summed E-state index contributed by atoms with van der Waals surface area (Å²) < 4.78 is 0. The van der Waals surface area contributed by atoms with Gasteiger partial charge in [-0.25, -0.2) is 0 Å². The molecule has 1 aromatic carbocycles. The first-order chi connectivity index (χ1) is 10.7. The van der Waals surface area contributed by atoms with Crippen molar-refractivity contribution in [3.8, 4) is 6.07 Å². The highest BCUT2D eigenvalue weighted by atomic mass is 32.1. The maximum Gasteiger partial charge on any atom is 0.205 e. The van der Waals surface area contributed by atoms with E-state index in [2.05, 4.69) is 11.4 Å². The van der Waals surface area contributed by atoms with E-state index in [1.165, 1.54) is 11.3 Å². The summed E-state index contributed by atoms with van der Waals surface area (Å²) in [5, 5.41) is 13.1. The van der Waals surface area contributed by atoms with E-state index in [0.717, 1.165) is 12.8 Å². The summed E-state index contributed by atoms with van der Waals surface area (Å²) >= 11 is 1.23. The Hall–Kier alpha value is -2.36. The molecule has 2 aromatic rings. The number of rotatable bonds is 7. The lowest BCUT2D eigenvalue weighted by molar-refractivity contribution is 0.104.